The average Bonchev–Trinajstić information content (AvgIpc) is 2.70. The van der Waals surface area contributed by atoms with Gasteiger partial charge >= 0.3 is 0 Å². The molecule has 1 aromatic carbocycles. The van der Waals surface area contributed by atoms with Crippen LogP contribution in [0.2, 0.25) is 0 Å². The zero-order chi connectivity index (χ0) is 13.3. The summed E-state index contributed by atoms with van der Waals surface area (Å²) in [5.74, 6) is 3.58. The molecular weight excluding hydrogens is 256 g/mol. The fraction of sp³-hybridized carbons (Fsp3) is 0.600. The molecule has 1 heterocycles. The van der Waals surface area contributed by atoms with Gasteiger partial charge < -0.3 is 10.1 Å². The Bertz CT molecular complexity index is 365. The van der Waals surface area contributed by atoms with E-state index in [0.717, 1.165) is 25.4 Å². The average molecular weight is 280 g/mol. The Morgan fingerprint density at radius 1 is 1.26 bits per heavy atom. The van der Waals surface area contributed by atoms with Gasteiger partial charge in [0.15, 0.2) is 0 Å². The second-order valence-electron chi connectivity index (χ2n) is 4.79. The lowest BCUT2D eigenvalue weighted by molar-refractivity contribution is 0.218. The molecule has 1 aromatic rings. The van der Waals surface area contributed by atoms with E-state index in [4.69, 9.17) is 4.74 Å². The normalized spacial score (nSPS) is 17.1. The zero-order valence-electron chi connectivity index (χ0n) is 11.7. The van der Waals surface area contributed by atoms with Crippen LogP contribution in [0.15, 0.2) is 24.3 Å². The maximum atomic E-state index is 5.94. The number of ether oxygens (including phenoxy) is 1. The Labute approximate surface area is 120 Å². The summed E-state index contributed by atoms with van der Waals surface area (Å²) in [6.45, 7) is 5.09. The molecule has 1 aliphatic rings. The Morgan fingerprint density at radius 2 is 2.16 bits per heavy atom. The van der Waals surface area contributed by atoms with Crippen LogP contribution in [0.5, 0.6) is 5.75 Å². The minimum absolute atomic E-state index is 0.783. The Kier molecular flexibility index (Phi) is 6.54. The lowest BCUT2D eigenvalue weighted by Gasteiger charge is -2.20. The van der Waals surface area contributed by atoms with Gasteiger partial charge in [-0.25, -0.2) is 0 Å². The SMILES string of the molecule is CNCc1ccccc1OCCN1CCCSCC1. The second kappa shape index (κ2) is 8.46. The van der Waals surface area contributed by atoms with Crippen molar-refractivity contribution in [3.05, 3.63) is 29.8 Å². The summed E-state index contributed by atoms with van der Waals surface area (Å²) >= 11 is 2.07. The first kappa shape index (κ1) is 14.7. The molecule has 4 heteroatoms. The Balaban J connectivity index is 1.78. The van der Waals surface area contributed by atoms with Crippen molar-refractivity contribution < 1.29 is 4.74 Å². The highest BCUT2D eigenvalue weighted by atomic mass is 32.2. The molecule has 0 amide bonds. The van der Waals surface area contributed by atoms with Crippen molar-refractivity contribution >= 4 is 11.8 Å². The number of nitrogens with zero attached hydrogens (tertiary/aromatic N) is 1. The summed E-state index contributed by atoms with van der Waals surface area (Å²) < 4.78 is 5.94. The molecule has 0 bridgehead atoms. The van der Waals surface area contributed by atoms with Crippen LogP contribution < -0.4 is 10.1 Å². The molecule has 0 unspecified atom stereocenters. The van der Waals surface area contributed by atoms with E-state index < -0.39 is 0 Å². The molecule has 0 aromatic heterocycles. The smallest absolute Gasteiger partial charge is 0.123 e. The Morgan fingerprint density at radius 3 is 3.05 bits per heavy atom. The molecule has 3 nitrogen and oxygen atoms in total. The number of hydrogen-bond donors (Lipinski definition) is 1. The van der Waals surface area contributed by atoms with Gasteiger partial charge in [-0.2, -0.15) is 11.8 Å². The molecule has 0 radical (unpaired) electrons. The third-order valence-electron chi connectivity index (χ3n) is 3.32. The predicted octanol–water partition coefficient (Wildman–Crippen LogP) is 2.22. The summed E-state index contributed by atoms with van der Waals surface area (Å²) in [4.78, 5) is 2.51. The lowest BCUT2D eigenvalue weighted by Crippen LogP contribution is -2.30. The molecular formula is C15H24N2OS. The van der Waals surface area contributed by atoms with E-state index in [1.165, 1.54) is 36.6 Å². The van der Waals surface area contributed by atoms with E-state index in [1.54, 1.807) is 0 Å². The predicted molar refractivity (Wildman–Crippen MR) is 83.1 cm³/mol. The quantitative estimate of drug-likeness (QED) is 0.863. The fourth-order valence-corrected chi connectivity index (χ4v) is 3.21. The lowest BCUT2D eigenvalue weighted by atomic mass is 10.2. The van der Waals surface area contributed by atoms with E-state index in [0.29, 0.717) is 0 Å². The van der Waals surface area contributed by atoms with Crippen molar-refractivity contribution in [1.29, 1.82) is 0 Å². The molecule has 2 rings (SSSR count). The van der Waals surface area contributed by atoms with Gasteiger partial charge in [0, 0.05) is 31.0 Å². The standard InChI is InChI=1S/C15H24N2OS/c1-16-13-14-5-2-3-6-15(14)18-10-8-17-7-4-11-19-12-9-17/h2-3,5-6,16H,4,7-13H2,1H3. The molecule has 0 spiro atoms. The minimum atomic E-state index is 0.783. The highest BCUT2D eigenvalue weighted by Crippen LogP contribution is 2.17. The number of thioether (sulfide) groups is 1. The largest absolute Gasteiger partial charge is 0.492 e. The number of para-hydroxylation sites is 1. The molecule has 0 aliphatic carbocycles. The van der Waals surface area contributed by atoms with Crippen molar-refractivity contribution in [2.75, 3.05) is 44.8 Å². The van der Waals surface area contributed by atoms with Crippen LogP contribution in [-0.4, -0.2) is 49.7 Å². The van der Waals surface area contributed by atoms with Crippen molar-refractivity contribution in [2.45, 2.75) is 13.0 Å². The summed E-state index contributed by atoms with van der Waals surface area (Å²) in [5.41, 5.74) is 1.23. The van der Waals surface area contributed by atoms with E-state index >= 15 is 0 Å². The zero-order valence-corrected chi connectivity index (χ0v) is 12.5. The van der Waals surface area contributed by atoms with E-state index in [2.05, 4.69) is 40.2 Å². The molecule has 19 heavy (non-hydrogen) atoms. The topological polar surface area (TPSA) is 24.5 Å². The van der Waals surface area contributed by atoms with Crippen molar-refractivity contribution in [2.24, 2.45) is 0 Å². The van der Waals surface area contributed by atoms with Crippen molar-refractivity contribution in [1.82, 2.24) is 10.2 Å². The molecule has 0 atom stereocenters. The summed E-state index contributed by atoms with van der Waals surface area (Å²) in [7, 11) is 1.96. The summed E-state index contributed by atoms with van der Waals surface area (Å²) in [5, 5.41) is 3.18. The van der Waals surface area contributed by atoms with Gasteiger partial charge in [0.05, 0.1) is 0 Å². The van der Waals surface area contributed by atoms with Gasteiger partial charge in [0.25, 0.3) is 0 Å². The monoisotopic (exact) mass is 280 g/mol. The van der Waals surface area contributed by atoms with Gasteiger partial charge in [-0.3, -0.25) is 4.90 Å². The fourth-order valence-electron chi connectivity index (χ4n) is 2.29. The molecule has 1 saturated heterocycles. The van der Waals surface area contributed by atoms with Crippen LogP contribution in [-0.2, 0) is 6.54 Å². The van der Waals surface area contributed by atoms with Crippen LogP contribution in [0.4, 0.5) is 0 Å². The van der Waals surface area contributed by atoms with Crippen LogP contribution in [0.3, 0.4) is 0 Å². The van der Waals surface area contributed by atoms with E-state index in [1.807, 2.05) is 13.1 Å². The number of benzene rings is 1. The van der Waals surface area contributed by atoms with Gasteiger partial charge in [-0.15, -0.1) is 0 Å². The van der Waals surface area contributed by atoms with Crippen LogP contribution in [0.25, 0.3) is 0 Å². The van der Waals surface area contributed by atoms with E-state index in [9.17, 15) is 0 Å². The summed E-state index contributed by atoms with van der Waals surface area (Å²) in [6, 6.07) is 8.28. The van der Waals surface area contributed by atoms with Crippen molar-refractivity contribution in [3.8, 4) is 5.75 Å². The van der Waals surface area contributed by atoms with Gasteiger partial charge in [-0.1, -0.05) is 18.2 Å². The van der Waals surface area contributed by atoms with Gasteiger partial charge in [0.1, 0.15) is 12.4 Å². The number of nitrogens with one attached hydrogen (secondary N) is 1. The Hall–Kier alpha value is -0.710. The molecule has 1 fully saturated rings. The van der Waals surface area contributed by atoms with Crippen LogP contribution in [0.1, 0.15) is 12.0 Å². The number of hydrogen-bond acceptors (Lipinski definition) is 4. The maximum absolute atomic E-state index is 5.94. The highest BCUT2D eigenvalue weighted by Gasteiger charge is 2.09. The third-order valence-corrected chi connectivity index (χ3v) is 4.37. The van der Waals surface area contributed by atoms with Crippen LogP contribution in [0, 0.1) is 0 Å². The first-order chi connectivity index (χ1) is 9.40. The molecule has 0 saturated carbocycles. The van der Waals surface area contributed by atoms with Gasteiger partial charge in [0.2, 0.25) is 0 Å². The van der Waals surface area contributed by atoms with Crippen molar-refractivity contribution in [3.63, 3.8) is 0 Å². The highest BCUT2D eigenvalue weighted by molar-refractivity contribution is 7.99. The minimum Gasteiger partial charge on any atom is -0.492 e. The molecule has 106 valence electrons. The first-order valence-corrected chi connectivity index (χ1v) is 8.21. The third kappa shape index (κ3) is 5.05. The first-order valence-electron chi connectivity index (χ1n) is 7.05. The summed E-state index contributed by atoms with van der Waals surface area (Å²) in [6.07, 6.45) is 1.31. The van der Waals surface area contributed by atoms with Crippen LogP contribution >= 0.6 is 11.8 Å². The van der Waals surface area contributed by atoms with Gasteiger partial charge in [-0.05, 0) is 31.8 Å². The van der Waals surface area contributed by atoms with E-state index in [-0.39, 0.29) is 0 Å². The maximum Gasteiger partial charge on any atom is 0.123 e. The second-order valence-corrected chi connectivity index (χ2v) is 6.02. The molecule has 1 aliphatic heterocycles. The number of rotatable bonds is 6. The molecule has 1 N–H and O–H groups in total.